The van der Waals surface area contributed by atoms with Crippen LogP contribution in [0.5, 0.6) is 0 Å². The van der Waals surface area contributed by atoms with Gasteiger partial charge in [0.15, 0.2) is 0 Å². The number of thiazole rings is 1. The van der Waals surface area contributed by atoms with Gasteiger partial charge < -0.3 is 5.73 Å². The first-order chi connectivity index (χ1) is 7.70. The summed E-state index contributed by atoms with van der Waals surface area (Å²) in [4.78, 5) is 5.82. The zero-order valence-corrected chi connectivity index (χ0v) is 10.6. The summed E-state index contributed by atoms with van der Waals surface area (Å²) in [5, 5.41) is 1.79. The van der Waals surface area contributed by atoms with Gasteiger partial charge >= 0.3 is 0 Å². The van der Waals surface area contributed by atoms with Gasteiger partial charge in [0.2, 0.25) is 0 Å². The van der Waals surface area contributed by atoms with Gasteiger partial charge in [-0.25, -0.2) is 4.98 Å². The summed E-state index contributed by atoms with van der Waals surface area (Å²) in [6.07, 6.45) is 0.900. The van der Waals surface area contributed by atoms with Crippen LogP contribution in [-0.2, 0) is 6.42 Å². The third kappa shape index (κ3) is 2.43. The van der Waals surface area contributed by atoms with Crippen molar-refractivity contribution in [3.63, 3.8) is 0 Å². The summed E-state index contributed by atoms with van der Waals surface area (Å²) >= 11 is 7.56. The molecule has 0 atom stereocenters. The molecule has 0 amide bonds. The van der Waals surface area contributed by atoms with E-state index in [0.717, 1.165) is 27.7 Å². The first kappa shape index (κ1) is 11.6. The maximum Gasteiger partial charge on any atom is 0.123 e. The SMILES string of the molecule is Cc1nc(-c2ccc(Cl)cc2)sc1CCN. The molecule has 0 aliphatic heterocycles. The lowest BCUT2D eigenvalue weighted by atomic mass is 10.2. The molecule has 0 fully saturated rings. The first-order valence-electron chi connectivity index (χ1n) is 5.13. The Bertz CT molecular complexity index is 476. The summed E-state index contributed by atoms with van der Waals surface area (Å²) < 4.78 is 0. The van der Waals surface area contributed by atoms with Crippen molar-refractivity contribution < 1.29 is 0 Å². The van der Waals surface area contributed by atoms with Crippen molar-refractivity contribution in [2.75, 3.05) is 6.54 Å². The molecule has 2 nitrogen and oxygen atoms in total. The number of nitrogens with two attached hydrogens (primary N) is 1. The predicted octanol–water partition coefficient (Wildman–Crippen LogP) is 3.27. The summed E-state index contributed by atoms with van der Waals surface area (Å²) in [7, 11) is 0. The second-order valence-electron chi connectivity index (χ2n) is 3.57. The summed E-state index contributed by atoms with van der Waals surface area (Å²) in [6.45, 7) is 2.70. The maximum absolute atomic E-state index is 5.85. The van der Waals surface area contributed by atoms with E-state index >= 15 is 0 Å². The fourth-order valence-electron chi connectivity index (χ4n) is 1.51. The molecular formula is C12H13ClN2S. The van der Waals surface area contributed by atoms with Gasteiger partial charge in [-0.05, 0) is 32.0 Å². The van der Waals surface area contributed by atoms with Gasteiger partial charge in [0.1, 0.15) is 5.01 Å². The lowest BCUT2D eigenvalue weighted by Crippen LogP contribution is -2.01. The Morgan fingerprint density at radius 3 is 2.62 bits per heavy atom. The molecule has 84 valence electrons. The van der Waals surface area contributed by atoms with Gasteiger partial charge in [-0.1, -0.05) is 23.7 Å². The Hall–Kier alpha value is -0.900. The van der Waals surface area contributed by atoms with Crippen molar-refractivity contribution in [2.24, 2.45) is 5.73 Å². The number of benzene rings is 1. The van der Waals surface area contributed by atoms with Crippen LogP contribution in [-0.4, -0.2) is 11.5 Å². The first-order valence-corrected chi connectivity index (χ1v) is 6.32. The van der Waals surface area contributed by atoms with Crippen molar-refractivity contribution in [3.05, 3.63) is 39.9 Å². The van der Waals surface area contributed by atoms with Gasteiger partial charge in [0.05, 0.1) is 5.69 Å². The van der Waals surface area contributed by atoms with Gasteiger partial charge in [-0.15, -0.1) is 11.3 Å². The lowest BCUT2D eigenvalue weighted by molar-refractivity contribution is 0.970. The molecule has 2 rings (SSSR count). The molecule has 4 heteroatoms. The molecule has 0 aliphatic carbocycles. The Morgan fingerprint density at radius 2 is 2.00 bits per heavy atom. The van der Waals surface area contributed by atoms with Crippen LogP contribution in [0, 0.1) is 6.92 Å². The van der Waals surface area contributed by atoms with Crippen molar-refractivity contribution in [1.29, 1.82) is 0 Å². The molecule has 0 aliphatic rings. The Balaban J connectivity index is 2.33. The molecule has 0 bridgehead atoms. The van der Waals surface area contributed by atoms with Crippen LogP contribution in [0.15, 0.2) is 24.3 Å². The largest absolute Gasteiger partial charge is 0.330 e. The summed E-state index contributed by atoms with van der Waals surface area (Å²) in [5.41, 5.74) is 7.75. The van der Waals surface area contributed by atoms with E-state index in [1.54, 1.807) is 11.3 Å². The van der Waals surface area contributed by atoms with E-state index in [1.807, 2.05) is 31.2 Å². The van der Waals surface area contributed by atoms with Crippen LogP contribution in [0.1, 0.15) is 10.6 Å². The van der Waals surface area contributed by atoms with Crippen LogP contribution in [0.4, 0.5) is 0 Å². The topological polar surface area (TPSA) is 38.9 Å². The van der Waals surface area contributed by atoms with E-state index in [4.69, 9.17) is 17.3 Å². The van der Waals surface area contributed by atoms with Crippen molar-refractivity contribution >= 4 is 22.9 Å². The monoisotopic (exact) mass is 252 g/mol. The van der Waals surface area contributed by atoms with E-state index in [0.29, 0.717) is 6.54 Å². The minimum absolute atomic E-state index is 0.670. The van der Waals surface area contributed by atoms with Gasteiger partial charge in [0, 0.05) is 15.5 Å². The second-order valence-corrected chi connectivity index (χ2v) is 5.09. The molecule has 1 heterocycles. The lowest BCUT2D eigenvalue weighted by Gasteiger charge is -1.95. The molecule has 0 saturated carbocycles. The maximum atomic E-state index is 5.85. The molecule has 1 aromatic heterocycles. The highest BCUT2D eigenvalue weighted by atomic mass is 35.5. The van der Waals surface area contributed by atoms with E-state index < -0.39 is 0 Å². The molecule has 2 aromatic rings. The van der Waals surface area contributed by atoms with E-state index in [-0.39, 0.29) is 0 Å². The van der Waals surface area contributed by atoms with Crippen LogP contribution in [0.25, 0.3) is 10.6 Å². The highest BCUT2D eigenvalue weighted by Gasteiger charge is 2.08. The summed E-state index contributed by atoms with van der Waals surface area (Å²) in [5.74, 6) is 0. The number of nitrogens with zero attached hydrogens (tertiary/aromatic N) is 1. The fraction of sp³-hybridized carbons (Fsp3) is 0.250. The van der Waals surface area contributed by atoms with Crippen LogP contribution < -0.4 is 5.73 Å². The highest BCUT2D eigenvalue weighted by Crippen LogP contribution is 2.28. The van der Waals surface area contributed by atoms with Crippen molar-refractivity contribution in [3.8, 4) is 10.6 Å². The van der Waals surface area contributed by atoms with Gasteiger partial charge in [0.25, 0.3) is 0 Å². The predicted molar refractivity (Wildman–Crippen MR) is 70.1 cm³/mol. The zero-order chi connectivity index (χ0) is 11.5. The summed E-state index contributed by atoms with van der Waals surface area (Å²) in [6, 6.07) is 7.76. The number of aryl methyl sites for hydroxylation is 1. The number of hydrogen-bond donors (Lipinski definition) is 1. The van der Waals surface area contributed by atoms with Crippen LogP contribution in [0.2, 0.25) is 5.02 Å². The Morgan fingerprint density at radius 1 is 1.31 bits per heavy atom. The molecule has 2 N–H and O–H groups in total. The molecule has 16 heavy (non-hydrogen) atoms. The molecule has 0 unspecified atom stereocenters. The van der Waals surface area contributed by atoms with E-state index in [2.05, 4.69) is 4.98 Å². The van der Waals surface area contributed by atoms with Gasteiger partial charge in [-0.3, -0.25) is 0 Å². The quantitative estimate of drug-likeness (QED) is 0.911. The smallest absolute Gasteiger partial charge is 0.123 e. The Kier molecular flexibility index (Phi) is 3.59. The van der Waals surface area contributed by atoms with Crippen molar-refractivity contribution in [1.82, 2.24) is 4.98 Å². The minimum Gasteiger partial charge on any atom is -0.330 e. The standard InChI is InChI=1S/C12H13ClN2S/c1-8-11(6-7-14)16-12(15-8)9-2-4-10(13)5-3-9/h2-5H,6-7,14H2,1H3. The van der Waals surface area contributed by atoms with Crippen LogP contribution >= 0.6 is 22.9 Å². The number of hydrogen-bond acceptors (Lipinski definition) is 3. The van der Waals surface area contributed by atoms with Gasteiger partial charge in [-0.2, -0.15) is 0 Å². The van der Waals surface area contributed by atoms with E-state index in [1.165, 1.54) is 4.88 Å². The third-order valence-electron chi connectivity index (χ3n) is 2.36. The molecule has 0 radical (unpaired) electrons. The molecule has 0 spiro atoms. The number of rotatable bonds is 3. The Labute approximate surface area is 104 Å². The number of halogens is 1. The van der Waals surface area contributed by atoms with E-state index in [9.17, 15) is 0 Å². The number of aromatic nitrogens is 1. The van der Waals surface area contributed by atoms with Crippen molar-refractivity contribution in [2.45, 2.75) is 13.3 Å². The fourth-order valence-corrected chi connectivity index (χ4v) is 2.72. The minimum atomic E-state index is 0.670. The normalized spacial score (nSPS) is 10.7. The average Bonchev–Trinajstić information content (AvgIpc) is 2.62. The second kappa shape index (κ2) is 4.95. The third-order valence-corrected chi connectivity index (χ3v) is 3.87. The molecule has 1 aromatic carbocycles. The molecular weight excluding hydrogens is 240 g/mol. The zero-order valence-electron chi connectivity index (χ0n) is 9.03. The average molecular weight is 253 g/mol. The molecule has 0 saturated heterocycles. The van der Waals surface area contributed by atoms with Crippen LogP contribution in [0.3, 0.4) is 0 Å². The highest BCUT2D eigenvalue weighted by molar-refractivity contribution is 7.15.